The van der Waals surface area contributed by atoms with Crippen LogP contribution in [0.5, 0.6) is 0 Å². The van der Waals surface area contributed by atoms with Gasteiger partial charge in [0.2, 0.25) is 0 Å². The van der Waals surface area contributed by atoms with Gasteiger partial charge in [0.25, 0.3) is 17.7 Å². The van der Waals surface area contributed by atoms with Crippen molar-refractivity contribution in [2.45, 2.75) is 51.4 Å². The molecule has 0 radical (unpaired) electrons. The van der Waals surface area contributed by atoms with Crippen molar-refractivity contribution in [3.8, 4) is 0 Å². The summed E-state index contributed by atoms with van der Waals surface area (Å²) < 4.78 is 2.21. The zero-order valence-corrected chi connectivity index (χ0v) is 60.6. The first-order valence-electron chi connectivity index (χ1n) is 31.7. The zero-order chi connectivity index (χ0) is 70.1. The second kappa shape index (κ2) is 34.6. The number of likely N-dealkylation sites (N-methyl/N-ethyl adjacent to an activating group) is 1. The van der Waals surface area contributed by atoms with E-state index >= 15 is 0 Å². The van der Waals surface area contributed by atoms with Crippen LogP contribution < -0.4 is 16.0 Å². The molecule has 0 saturated carbocycles. The number of amides is 3. The molecule has 3 amide bonds. The van der Waals surface area contributed by atoms with Crippen LogP contribution in [-0.4, -0.2) is 129 Å². The van der Waals surface area contributed by atoms with E-state index in [2.05, 4.69) is 98.4 Å². The predicted molar refractivity (Wildman–Crippen MR) is 401 cm³/mol. The molecule has 0 bridgehead atoms. The molecule has 24 heteroatoms. The third-order valence-corrected chi connectivity index (χ3v) is 18.6. The summed E-state index contributed by atoms with van der Waals surface area (Å²) in [6, 6.07) is 47.3. The molecule has 6 aromatic carbocycles. The number of halogens is 6. The highest BCUT2D eigenvalue weighted by atomic mass is 79.9. The van der Waals surface area contributed by atoms with Crippen molar-refractivity contribution >= 4 is 153 Å². The Kier molecular flexibility index (Phi) is 25.4. The Labute approximate surface area is 613 Å². The van der Waals surface area contributed by atoms with Crippen molar-refractivity contribution in [2.75, 3.05) is 62.3 Å². The monoisotopic (exact) mass is 1570 g/mol. The number of hydrogen-bond donors (Lipinski definition) is 5. The highest BCUT2D eigenvalue weighted by molar-refractivity contribution is 9.11. The average Bonchev–Trinajstić information content (AvgIpc) is 1.81. The minimum absolute atomic E-state index is 0.0701. The third-order valence-electron chi connectivity index (χ3n) is 16.5. The van der Waals surface area contributed by atoms with Crippen LogP contribution in [0.4, 0.5) is 17.5 Å². The van der Waals surface area contributed by atoms with Gasteiger partial charge in [0, 0.05) is 141 Å². The first kappa shape index (κ1) is 72.6. The molecule has 99 heavy (non-hydrogen) atoms. The van der Waals surface area contributed by atoms with Gasteiger partial charge in [-0.1, -0.05) is 174 Å². The van der Waals surface area contributed by atoms with Crippen LogP contribution in [0.15, 0.2) is 201 Å². The van der Waals surface area contributed by atoms with E-state index in [0.29, 0.717) is 94.3 Å². The van der Waals surface area contributed by atoms with Crippen LogP contribution >= 0.6 is 82.6 Å². The Bertz CT molecular complexity index is 4500. The molecular formula is C75H66Br3Cl3N12O6. The lowest BCUT2D eigenvalue weighted by Gasteiger charge is -2.29. The van der Waals surface area contributed by atoms with Gasteiger partial charge in [-0.25, -0.2) is 15.0 Å². The lowest BCUT2D eigenvalue weighted by molar-refractivity contribution is 0.0980. The molecule has 2 fully saturated rings. The lowest BCUT2D eigenvalue weighted by atomic mass is 9.97. The van der Waals surface area contributed by atoms with Crippen molar-refractivity contribution in [2.24, 2.45) is 4.99 Å². The molecule has 3 aromatic heterocycles. The van der Waals surface area contributed by atoms with Gasteiger partial charge in [0.1, 0.15) is 35.0 Å². The first-order valence-corrected chi connectivity index (χ1v) is 35.2. The van der Waals surface area contributed by atoms with Gasteiger partial charge < -0.3 is 30.7 Å². The maximum Gasteiger partial charge on any atom is 0.257 e. The summed E-state index contributed by atoms with van der Waals surface area (Å²) in [5.41, 5.74) is 7.31. The number of ketones is 3. The highest BCUT2D eigenvalue weighted by Crippen LogP contribution is 2.26. The third kappa shape index (κ3) is 20.1. The predicted octanol–water partition coefficient (Wildman–Crippen LogP) is 16.5. The van der Waals surface area contributed by atoms with Gasteiger partial charge in [-0.2, -0.15) is 0 Å². The maximum atomic E-state index is 13.0. The molecule has 504 valence electrons. The molecular weight excluding hydrogens is 1510 g/mol. The van der Waals surface area contributed by atoms with E-state index in [1.165, 1.54) is 25.0 Å². The number of aromatic nitrogens is 3. The lowest BCUT2D eigenvalue weighted by Crippen LogP contribution is -2.35. The Hall–Kier alpha value is -9.09. The van der Waals surface area contributed by atoms with Crippen LogP contribution in [0.25, 0.3) is 0 Å². The van der Waals surface area contributed by atoms with Crippen molar-refractivity contribution in [1.29, 1.82) is 10.8 Å². The number of benzene rings is 6. The maximum absolute atomic E-state index is 13.0. The minimum Gasteiger partial charge on any atom is -0.358 e. The number of aliphatic imine (C=N–C) groups is 1. The Morgan fingerprint density at radius 3 is 1.03 bits per heavy atom. The van der Waals surface area contributed by atoms with Crippen molar-refractivity contribution in [3.05, 3.63) is 278 Å². The van der Waals surface area contributed by atoms with E-state index in [-0.39, 0.29) is 54.3 Å². The summed E-state index contributed by atoms with van der Waals surface area (Å²) in [6.07, 6.45) is 10.3. The number of rotatable bonds is 18. The molecule has 0 aliphatic carbocycles. The number of carbonyl (C=O) groups is 6. The van der Waals surface area contributed by atoms with E-state index in [1.807, 2.05) is 67.7 Å². The summed E-state index contributed by atoms with van der Waals surface area (Å²) >= 11 is 27.8. The summed E-state index contributed by atoms with van der Waals surface area (Å²) in [4.78, 5) is 101. The molecule has 18 nitrogen and oxygen atoms in total. The minimum atomic E-state index is -0.358. The van der Waals surface area contributed by atoms with E-state index in [1.54, 1.807) is 103 Å². The molecule has 6 heterocycles. The molecule has 5 N–H and O–H groups in total. The van der Waals surface area contributed by atoms with Crippen LogP contribution in [0.2, 0.25) is 15.1 Å². The van der Waals surface area contributed by atoms with Crippen LogP contribution in [-0.2, 0) is 19.3 Å². The fourth-order valence-electron chi connectivity index (χ4n) is 11.2. The first-order chi connectivity index (χ1) is 47.7. The van der Waals surface area contributed by atoms with Crippen molar-refractivity contribution in [3.63, 3.8) is 0 Å². The van der Waals surface area contributed by atoms with Crippen LogP contribution in [0.3, 0.4) is 0 Å². The van der Waals surface area contributed by atoms with Crippen LogP contribution in [0, 0.1) is 10.8 Å². The van der Waals surface area contributed by atoms with Gasteiger partial charge in [-0.3, -0.25) is 44.6 Å². The fraction of sp³-hybridized carbons (Fsp3) is 0.200. The van der Waals surface area contributed by atoms with Crippen LogP contribution in [0.1, 0.15) is 128 Å². The SMILES string of the molecule is CN1CCN=C1c1ccc(C(=O)Cc2ccc(Br)cc2C(=O)Nc2ccc(Cl)cn2)cc1.N=C(c1ccc(C(=O)Cc2ccc(Br)cc2C(=O)Nc2ccc(Cl)cn2)cc1)N1CCCC1.N=C(c1ccc(C(=O)Cc2ccc(Br)cc2C(=O)Nc2ccc(Cl)cn2)cc1)N1CCCCC1. The Balaban J connectivity index is 0.000000161. The number of pyridine rings is 3. The van der Waals surface area contributed by atoms with E-state index in [9.17, 15) is 28.8 Å². The van der Waals surface area contributed by atoms with Gasteiger partial charge in [-0.05, 0) is 122 Å². The average molecular weight is 1580 g/mol. The van der Waals surface area contributed by atoms with E-state index in [0.717, 1.165) is 101 Å². The van der Waals surface area contributed by atoms with Crippen molar-refractivity contribution in [1.82, 2.24) is 29.7 Å². The van der Waals surface area contributed by atoms with E-state index < -0.39 is 0 Å². The highest BCUT2D eigenvalue weighted by Gasteiger charge is 2.23. The van der Waals surface area contributed by atoms with Crippen molar-refractivity contribution < 1.29 is 28.8 Å². The standard InChI is InChI=1S/C26H24BrClN4O2.C25H22BrClN4O2.C24H20BrClN4O2/c27-20-9-8-19(22(15-20)26(34)31-24-11-10-21(28)16-30-24)14-23(33)17-4-6-18(7-5-17)25(29)32-12-2-1-3-13-32;26-19-8-7-18(21(14-19)25(33)30-23-10-9-20(27)15-29-23)13-22(32)16-3-5-17(6-4-16)24(28)31-11-1-2-12-31;1-30-11-10-27-23(30)16-4-2-15(3-5-16)21(31)12-17-6-7-18(25)13-20(17)24(32)29-22-9-8-19(26)14-28-22/h4-11,15-16,29H,1-3,12-14H2,(H,30,31,34);3-10,14-15,28H,1-2,11-13H2,(H,29,30,33);2-9,13-14H,10-12H2,1H3,(H,28,29,32). The summed E-state index contributed by atoms with van der Waals surface area (Å²) in [5, 5.41) is 26.5. The number of amidine groups is 3. The zero-order valence-electron chi connectivity index (χ0n) is 53.6. The molecule has 3 aliphatic heterocycles. The number of anilines is 3. The number of likely N-dealkylation sites (tertiary alicyclic amines) is 2. The smallest absolute Gasteiger partial charge is 0.257 e. The Morgan fingerprint density at radius 1 is 0.414 bits per heavy atom. The molecule has 12 rings (SSSR count). The number of nitrogens with one attached hydrogen (secondary N) is 5. The summed E-state index contributed by atoms with van der Waals surface area (Å²) in [7, 11) is 2.00. The van der Waals surface area contributed by atoms with Gasteiger partial charge >= 0.3 is 0 Å². The fourth-order valence-corrected chi connectivity index (χ4v) is 12.6. The number of carbonyl (C=O) groups excluding carboxylic acids is 6. The van der Waals surface area contributed by atoms with Gasteiger partial charge in [0.15, 0.2) is 17.3 Å². The number of nitrogens with zero attached hydrogens (tertiary/aromatic N) is 7. The molecule has 0 spiro atoms. The number of piperidine rings is 1. The second-order valence-corrected chi connectivity index (χ2v) is 27.5. The molecule has 2 saturated heterocycles. The largest absolute Gasteiger partial charge is 0.358 e. The number of Topliss-reactive ketones (excluding diaryl/α,β-unsaturated/α-hetero) is 3. The topological polar surface area (TPSA) is 247 Å². The molecule has 0 unspecified atom stereocenters. The normalized spacial score (nSPS) is 13.2. The second-order valence-electron chi connectivity index (χ2n) is 23.4. The number of hydrogen-bond acceptors (Lipinski definition) is 13. The van der Waals surface area contributed by atoms with Gasteiger partial charge in [-0.15, -0.1) is 0 Å². The Morgan fingerprint density at radius 2 is 0.727 bits per heavy atom. The van der Waals surface area contributed by atoms with Gasteiger partial charge in [0.05, 0.1) is 21.6 Å². The summed E-state index contributed by atoms with van der Waals surface area (Å²) in [6.45, 7) is 5.29. The molecule has 3 aliphatic rings. The quantitative estimate of drug-likeness (QED) is 0.0306. The molecule has 9 aromatic rings. The summed E-state index contributed by atoms with van der Waals surface area (Å²) in [5.74, 6) is 1.73. The van der Waals surface area contributed by atoms with E-state index in [4.69, 9.17) is 45.6 Å². The molecule has 0 atom stereocenters.